The fourth-order valence-electron chi connectivity index (χ4n) is 2.28. The van der Waals surface area contributed by atoms with Gasteiger partial charge in [0.05, 0.1) is 11.5 Å². The molecule has 2 rings (SSSR count). The van der Waals surface area contributed by atoms with Gasteiger partial charge in [0.2, 0.25) is 0 Å². The van der Waals surface area contributed by atoms with Gasteiger partial charge in [-0.1, -0.05) is 0 Å². The largest absolute Gasteiger partial charge is 0.328 e. The van der Waals surface area contributed by atoms with Gasteiger partial charge in [-0.05, 0) is 25.7 Å². The second-order valence-electron chi connectivity index (χ2n) is 4.55. The van der Waals surface area contributed by atoms with Crippen LogP contribution in [0.2, 0.25) is 0 Å². The first-order valence-electron chi connectivity index (χ1n) is 5.27. The average molecular weight is 218 g/mol. The molecule has 1 saturated carbocycles. The molecule has 4 nitrogen and oxygen atoms in total. The molecule has 0 radical (unpaired) electrons. The SMILES string of the molecule is NC1CCC(NC2CS(=O)(=O)C2)CC1. The third-order valence-electron chi connectivity index (χ3n) is 3.15. The van der Waals surface area contributed by atoms with E-state index in [4.69, 9.17) is 5.73 Å². The van der Waals surface area contributed by atoms with Crippen molar-refractivity contribution in [2.75, 3.05) is 11.5 Å². The summed E-state index contributed by atoms with van der Waals surface area (Å²) in [6, 6.07) is 1.06. The first kappa shape index (κ1) is 10.4. The van der Waals surface area contributed by atoms with Crippen LogP contribution in [0.25, 0.3) is 0 Å². The molecule has 0 aromatic rings. The minimum Gasteiger partial charge on any atom is -0.328 e. The highest BCUT2D eigenvalue weighted by Gasteiger charge is 2.34. The van der Waals surface area contributed by atoms with Crippen molar-refractivity contribution in [3.63, 3.8) is 0 Å². The molecule has 0 spiro atoms. The Hall–Kier alpha value is -0.130. The van der Waals surface area contributed by atoms with Crippen LogP contribution in [0.3, 0.4) is 0 Å². The van der Waals surface area contributed by atoms with E-state index in [-0.39, 0.29) is 6.04 Å². The fraction of sp³-hybridized carbons (Fsp3) is 1.00. The van der Waals surface area contributed by atoms with Crippen LogP contribution in [0.5, 0.6) is 0 Å². The van der Waals surface area contributed by atoms with Gasteiger partial charge in [-0.25, -0.2) is 8.42 Å². The lowest BCUT2D eigenvalue weighted by Crippen LogP contribution is -2.55. The number of nitrogens with one attached hydrogen (secondary N) is 1. The van der Waals surface area contributed by atoms with E-state index in [1.165, 1.54) is 0 Å². The van der Waals surface area contributed by atoms with Gasteiger partial charge in [0.15, 0.2) is 9.84 Å². The van der Waals surface area contributed by atoms with Gasteiger partial charge >= 0.3 is 0 Å². The third-order valence-corrected chi connectivity index (χ3v) is 4.97. The summed E-state index contributed by atoms with van der Waals surface area (Å²) in [6.45, 7) is 0. The zero-order valence-electron chi connectivity index (χ0n) is 8.28. The summed E-state index contributed by atoms with van der Waals surface area (Å²) in [5.74, 6) is 0.658. The normalized spacial score (nSPS) is 37.8. The minimum absolute atomic E-state index is 0.208. The first-order chi connectivity index (χ1) is 6.55. The van der Waals surface area contributed by atoms with Crippen molar-refractivity contribution >= 4 is 9.84 Å². The maximum absolute atomic E-state index is 10.9. The molecule has 0 bridgehead atoms. The maximum atomic E-state index is 10.9. The van der Waals surface area contributed by atoms with Gasteiger partial charge in [0, 0.05) is 18.1 Å². The number of hydrogen-bond donors (Lipinski definition) is 2. The van der Waals surface area contributed by atoms with Crippen molar-refractivity contribution in [2.45, 2.75) is 43.8 Å². The molecule has 0 atom stereocenters. The zero-order valence-corrected chi connectivity index (χ0v) is 9.09. The van der Waals surface area contributed by atoms with Gasteiger partial charge in [-0.3, -0.25) is 0 Å². The van der Waals surface area contributed by atoms with E-state index in [1.807, 2.05) is 0 Å². The van der Waals surface area contributed by atoms with E-state index in [0.717, 1.165) is 25.7 Å². The van der Waals surface area contributed by atoms with Gasteiger partial charge in [-0.15, -0.1) is 0 Å². The summed E-state index contributed by atoms with van der Waals surface area (Å²) >= 11 is 0. The molecule has 0 aromatic heterocycles. The summed E-state index contributed by atoms with van der Waals surface area (Å²) < 4.78 is 21.9. The molecule has 82 valence electrons. The highest BCUT2D eigenvalue weighted by molar-refractivity contribution is 7.92. The molecule has 14 heavy (non-hydrogen) atoms. The monoisotopic (exact) mass is 218 g/mol. The predicted molar refractivity (Wildman–Crippen MR) is 55.8 cm³/mol. The molecule has 0 aromatic carbocycles. The highest BCUT2D eigenvalue weighted by atomic mass is 32.2. The Morgan fingerprint density at radius 3 is 2.07 bits per heavy atom. The van der Waals surface area contributed by atoms with Crippen molar-refractivity contribution < 1.29 is 8.42 Å². The van der Waals surface area contributed by atoms with Gasteiger partial charge in [0.1, 0.15) is 0 Å². The number of hydrogen-bond acceptors (Lipinski definition) is 4. The number of nitrogens with two attached hydrogens (primary N) is 1. The van der Waals surface area contributed by atoms with E-state index in [9.17, 15) is 8.42 Å². The highest BCUT2D eigenvalue weighted by Crippen LogP contribution is 2.19. The number of rotatable bonds is 2. The second-order valence-corrected chi connectivity index (χ2v) is 6.71. The van der Waals surface area contributed by atoms with Gasteiger partial charge in [-0.2, -0.15) is 0 Å². The minimum atomic E-state index is -2.68. The molecule has 1 aliphatic carbocycles. The topological polar surface area (TPSA) is 72.2 Å². The van der Waals surface area contributed by atoms with Crippen molar-refractivity contribution in [2.24, 2.45) is 5.73 Å². The Kier molecular flexibility index (Phi) is 2.81. The molecule has 1 saturated heterocycles. The quantitative estimate of drug-likeness (QED) is 0.664. The van der Waals surface area contributed by atoms with E-state index in [2.05, 4.69) is 5.32 Å². The van der Waals surface area contributed by atoms with Crippen LogP contribution < -0.4 is 11.1 Å². The van der Waals surface area contributed by atoms with E-state index >= 15 is 0 Å². The Morgan fingerprint density at radius 2 is 1.57 bits per heavy atom. The van der Waals surface area contributed by atoms with Crippen molar-refractivity contribution in [3.8, 4) is 0 Å². The maximum Gasteiger partial charge on any atom is 0.153 e. The zero-order chi connectivity index (χ0) is 10.2. The van der Waals surface area contributed by atoms with Gasteiger partial charge in [0.25, 0.3) is 0 Å². The van der Waals surface area contributed by atoms with E-state index in [1.54, 1.807) is 0 Å². The lowest BCUT2D eigenvalue weighted by Gasteiger charge is -2.34. The summed E-state index contributed by atoms with van der Waals surface area (Å²) in [6.07, 6.45) is 4.32. The number of sulfone groups is 1. The molecule has 0 unspecified atom stereocenters. The van der Waals surface area contributed by atoms with Crippen LogP contribution in [-0.2, 0) is 9.84 Å². The third kappa shape index (κ3) is 2.46. The molecule has 2 aliphatic rings. The molecular weight excluding hydrogens is 200 g/mol. The Balaban J connectivity index is 1.72. The Bertz CT molecular complexity index is 282. The van der Waals surface area contributed by atoms with Gasteiger partial charge < -0.3 is 11.1 Å². The van der Waals surface area contributed by atoms with Crippen molar-refractivity contribution in [3.05, 3.63) is 0 Å². The van der Waals surface area contributed by atoms with Crippen LogP contribution in [0, 0.1) is 0 Å². The molecule has 0 amide bonds. The summed E-state index contributed by atoms with van der Waals surface area (Å²) in [7, 11) is -2.68. The predicted octanol–water partition coefficient (Wildman–Crippen LogP) is -0.357. The first-order valence-corrected chi connectivity index (χ1v) is 7.09. The lowest BCUT2D eigenvalue weighted by atomic mass is 9.91. The molecule has 3 N–H and O–H groups in total. The smallest absolute Gasteiger partial charge is 0.153 e. The Labute approximate surface area is 85.2 Å². The molecule has 1 heterocycles. The van der Waals surface area contributed by atoms with Crippen LogP contribution >= 0.6 is 0 Å². The van der Waals surface area contributed by atoms with Crippen LogP contribution in [0.4, 0.5) is 0 Å². The summed E-state index contributed by atoms with van der Waals surface area (Å²) in [5.41, 5.74) is 5.79. The van der Waals surface area contributed by atoms with E-state index < -0.39 is 9.84 Å². The standard InChI is InChI=1S/C9H18N2O2S/c10-7-1-3-8(4-2-7)11-9-5-14(12,13)6-9/h7-9,11H,1-6,10H2. The Morgan fingerprint density at radius 1 is 1.00 bits per heavy atom. The van der Waals surface area contributed by atoms with Crippen LogP contribution in [0.15, 0.2) is 0 Å². The second kappa shape index (κ2) is 3.79. The van der Waals surface area contributed by atoms with Crippen LogP contribution in [0.1, 0.15) is 25.7 Å². The average Bonchev–Trinajstić information content (AvgIpc) is 2.06. The molecular formula is C9H18N2O2S. The van der Waals surface area contributed by atoms with Crippen molar-refractivity contribution in [1.82, 2.24) is 5.32 Å². The molecule has 1 aliphatic heterocycles. The molecule has 2 fully saturated rings. The summed E-state index contributed by atoms with van der Waals surface area (Å²) in [4.78, 5) is 0. The fourth-order valence-corrected chi connectivity index (χ4v) is 3.60. The summed E-state index contributed by atoms with van der Waals surface area (Å²) in [5, 5.41) is 3.40. The van der Waals surface area contributed by atoms with Crippen LogP contribution in [-0.4, -0.2) is 38.0 Å². The van der Waals surface area contributed by atoms with E-state index in [0.29, 0.717) is 23.6 Å². The van der Waals surface area contributed by atoms with Crippen molar-refractivity contribution in [1.29, 1.82) is 0 Å². The lowest BCUT2D eigenvalue weighted by molar-refractivity contribution is 0.321. The molecule has 5 heteroatoms.